The van der Waals surface area contributed by atoms with E-state index in [1.165, 1.54) is 12.4 Å². The molecule has 2 aromatic heterocycles. The monoisotopic (exact) mass is 221 g/mol. The van der Waals surface area contributed by atoms with Crippen molar-refractivity contribution in [2.45, 2.75) is 0 Å². The molecule has 2 heterocycles. The number of aromatic carboxylic acids is 1. The standard InChI is InChI=1S/C8H7N5O3/c14-7(13-4-1-11-12-2-4)5-6(8(15)16)10-3-9-5/h1-3H,(H,9,10)(H,11,12)(H,13,14)(H,15,16). The molecule has 0 aliphatic heterocycles. The van der Waals surface area contributed by atoms with Crippen molar-refractivity contribution in [3.63, 3.8) is 0 Å². The summed E-state index contributed by atoms with van der Waals surface area (Å²) in [5.74, 6) is -1.85. The third kappa shape index (κ3) is 1.75. The highest BCUT2D eigenvalue weighted by atomic mass is 16.4. The molecule has 0 atom stereocenters. The highest BCUT2D eigenvalue weighted by molar-refractivity contribution is 6.08. The molecular formula is C8H7N5O3. The predicted molar refractivity (Wildman–Crippen MR) is 52.1 cm³/mol. The Bertz CT molecular complexity index is 516. The average molecular weight is 221 g/mol. The van der Waals surface area contributed by atoms with Crippen molar-refractivity contribution in [3.05, 3.63) is 30.1 Å². The topological polar surface area (TPSA) is 124 Å². The molecule has 8 nitrogen and oxygen atoms in total. The predicted octanol–water partition coefficient (Wildman–Crippen LogP) is 0.0833. The molecule has 0 unspecified atom stereocenters. The first-order chi connectivity index (χ1) is 7.68. The van der Waals surface area contributed by atoms with Crippen molar-refractivity contribution in [2.24, 2.45) is 0 Å². The molecule has 8 heteroatoms. The number of carbonyl (C=O) groups excluding carboxylic acids is 1. The number of carboxylic acids is 1. The fourth-order valence-corrected chi connectivity index (χ4v) is 1.14. The van der Waals surface area contributed by atoms with Gasteiger partial charge in [0, 0.05) is 6.20 Å². The molecule has 0 aliphatic carbocycles. The lowest BCUT2D eigenvalue weighted by atomic mass is 10.3. The summed E-state index contributed by atoms with van der Waals surface area (Å²) in [4.78, 5) is 28.3. The van der Waals surface area contributed by atoms with Crippen molar-refractivity contribution >= 4 is 17.6 Å². The van der Waals surface area contributed by atoms with E-state index in [0.29, 0.717) is 5.69 Å². The number of nitrogens with zero attached hydrogens (tertiary/aromatic N) is 2. The van der Waals surface area contributed by atoms with Crippen LogP contribution in [0.25, 0.3) is 0 Å². The molecule has 1 amide bonds. The maximum Gasteiger partial charge on any atom is 0.354 e. The van der Waals surface area contributed by atoms with Gasteiger partial charge in [-0.3, -0.25) is 9.89 Å². The van der Waals surface area contributed by atoms with E-state index >= 15 is 0 Å². The number of carbonyl (C=O) groups is 2. The molecular weight excluding hydrogens is 214 g/mol. The Morgan fingerprint density at radius 2 is 2.25 bits per heavy atom. The summed E-state index contributed by atoms with van der Waals surface area (Å²) < 4.78 is 0. The lowest BCUT2D eigenvalue weighted by molar-refractivity contribution is 0.0686. The Balaban J connectivity index is 2.21. The second kappa shape index (κ2) is 3.85. The lowest BCUT2D eigenvalue weighted by Gasteiger charge is -1.99. The number of aromatic nitrogens is 4. The van der Waals surface area contributed by atoms with Gasteiger partial charge >= 0.3 is 5.97 Å². The van der Waals surface area contributed by atoms with E-state index in [0.717, 1.165) is 6.33 Å². The number of H-pyrrole nitrogens is 2. The molecule has 0 radical (unpaired) electrons. The minimum atomic E-state index is -1.24. The molecule has 0 spiro atoms. The van der Waals surface area contributed by atoms with Crippen LogP contribution >= 0.6 is 0 Å². The van der Waals surface area contributed by atoms with E-state index in [2.05, 4.69) is 25.5 Å². The zero-order chi connectivity index (χ0) is 11.5. The van der Waals surface area contributed by atoms with Gasteiger partial charge in [-0.1, -0.05) is 0 Å². The average Bonchev–Trinajstić information content (AvgIpc) is 2.86. The summed E-state index contributed by atoms with van der Waals surface area (Å²) in [5, 5.41) is 17.3. The van der Waals surface area contributed by atoms with Crippen LogP contribution in [0.15, 0.2) is 18.7 Å². The lowest BCUT2D eigenvalue weighted by Crippen LogP contribution is -2.16. The Morgan fingerprint density at radius 3 is 2.88 bits per heavy atom. The molecule has 0 bridgehead atoms. The number of aromatic amines is 2. The molecule has 2 aromatic rings. The molecule has 0 fully saturated rings. The van der Waals surface area contributed by atoms with E-state index in [1.807, 2.05) is 0 Å². The first-order valence-corrected chi connectivity index (χ1v) is 4.25. The molecule has 4 N–H and O–H groups in total. The summed E-state index contributed by atoms with van der Waals surface area (Å²) in [5.41, 5.74) is 0.0130. The van der Waals surface area contributed by atoms with Gasteiger partial charge in [0.25, 0.3) is 5.91 Å². The fourth-order valence-electron chi connectivity index (χ4n) is 1.14. The van der Waals surface area contributed by atoms with Gasteiger partial charge in [-0.25, -0.2) is 9.78 Å². The number of amides is 1. The first kappa shape index (κ1) is 9.90. The number of anilines is 1. The van der Waals surface area contributed by atoms with E-state index in [1.54, 1.807) is 0 Å². The number of imidazole rings is 1. The molecule has 16 heavy (non-hydrogen) atoms. The van der Waals surface area contributed by atoms with E-state index in [-0.39, 0.29) is 11.4 Å². The van der Waals surface area contributed by atoms with Crippen LogP contribution in [-0.4, -0.2) is 37.1 Å². The first-order valence-electron chi connectivity index (χ1n) is 4.25. The maximum absolute atomic E-state index is 11.6. The Labute approximate surface area is 88.7 Å². The highest BCUT2D eigenvalue weighted by Gasteiger charge is 2.19. The molecule has 82 valence electrons. The Kier molecular flexibility index (Phi) is 2.38. The van der Waals surface area contributed by atoms with Crippen LogP contribution in [0.1, 0.15) is 21.0 Å². The number of hydrogen-bond acceptors (Lipinski definition) is 4. The van der Waals surface area contributed by atoms with Gasteiger partial charge in [-0.15, -0.1) is 0 Å². The van der Waals surface area contributed by atoms with Gasteiger partial charge < -0.3 is 15.4 Å². The summed E-state index contributed by atoms with van der Waals surface area (Å²) in [6.45, 7) is 0. The van der Waals surface area contributed by atoms with Gasteiger partial charge in [0.2, 0.25) is 0 Å². The van der Waals surface area contributed by atoms with Crippen LogP contribution in [0.3, 0.4) is 0 Å². The van der Waals surface area contributed by atoms with Gasteiger partial charge in [-0.05, 0) is 0 Å². The van der Waals surface area contributed by atoms with Crippen LogP contribution in [-0.2, 0) is 0 Å². The number of rotatable bonds is 3. The third-order valence-corrected chi connectivity index (χ3v) is 1.82. The second-order valence-electron chi connectivity index (χ2n) is 2.87. The molecule has 0 aliphatic rings. The van der Waals surface area contributed by atoms with Crippen molar-refractivity contribution in [3.8, 4) is 0 Å². The van der Waals surface area contributed by atoms with E-state index < -0.39 is 11.9 Å². The largest absolute Gasteiger partial charge is 0.477 e. The normalized spacial score (nSPS) is 10.0. The van der Waals surface area contributed by atoms with Crippen molar-refractivity contribution < 1.29 is 14.7 Å². The van der Waals surface area contributed by atoms with Gasteiger partial charge in [-0.2, -0.15) is 5.10 Å². The smallest absolute Gasteiger partial charge is 0.354 e. The van der Waals surface area contributed by atoms with Crippen molar-refractivity contribution in [1.29, 1.82) is 0 Å². The minimum Gasteiger partial charge on any atom is -0.477 e. The van der Waals surface area contributed by atoms with E-state index in [9.17, 15) is 9.59 Å². The summed E-state index contributed by atoms with van der Waals surface area (Å²) in [6, 6.07) is 0. The van der Waals surface area contributed by atoms with Crippen LogP contribution < -0.4 is 5.32 Å². The Morgan fingerprint density at radius 1 is 1.44 bits per heavy atom. The van der Waals surface area contributed by atoms with E-state index in [4.69, 9.17) is 5.11 Å². The highest BCUT2D eigenvalue weighted by Crippen LogP contribution is 2.07. The quantitative estimate of drug-likeness (QED) is 0.584. The molecule has 0 aromatic carbocycles. The fraction of sp³-hybridized carbons (Fsp3) is 0. The summed E-state index contributed by atoms with van der Waals surface area (Å²) in [6.07, 6.45) is 4.00. The van der Waals surface area contributed by atoms with Crippen LogP contribution in [0.2, 0.25) is 0 Å². The van der Waals surface area contributed by atoms with Crippen LogP contribution in [0.5, 0.6) is 0 Å². The number of hydrogen-bond donors (Lipinski definition) is 4. The summed E-state index contributed by atoms with van der Waals surface area (Å²) >= 11 is 0. The zero-order valence-electron chi connectivity index (χ0n) is 7.89. The second-order valence-corrected chi connectivity index (χ2v) is 2.87. The van der Waals surface area contributed by atoms with Gasteiger partial charge in [0.15, 0.2) is 11.4 Å². The SMILES string of the molecule is O=C(Nc1cn[nH]c1)c1nc[nH]c1C(=O)O. The van der Waals surface area contributed by atoms with Crippen LogP contribution in [0, 0.1) is 0 Å². The number of carboxylic acid groups (broad SMARTS) is 1. The van der Waals surface area contributed by atoms with Gasteiger partial charge in [0.05, 0.1) is 18.2 Å². The summed E-state index contributed by atoms with van der Waals surface area (Å²) in [7, 11) is 0. The van der Waals surface area contributed by atoms with Crippen molar-refractivity contribution in [1.82, 2.24) is 20.2 Å². The van der Waals surface area contributed by atoms with Crippen molar-refractivity contribution in [2.75, 3.05) is 5.32 Å². The molecule has 0 saturated heterocycles. The van der Waals surface area contributed by atoms with Gasteiger partial charge in [0.1, 0.15) is 0 Å². The zero-order valence-corrected chi connectivity index (χ0v) is 7.89. The Hall–Kier alpha value is -2.64. The number of nitrogens with one attached hydrogen (secondary N) is 3. The minimum absolute atomic E-state index is 0.172. The van der Waals surface area contributed by atoms with Crippen LogP contribution in [0.4, 0.5) is 5.69 Å². The maximum atomic E-state index is 11.6. The molecule has 0 saturated carbocycles. The third-order valence-electron chi connectivity index (χ3n) is 1.82. The molecule has 2 rings (SSSR count).